The van der Waals surface area contributed by atoms with Crippen LogP contribution in [0.3, 0.4) is 0 Å². The molecule has 0 radical (unpaired) electrons. The van der Waals surface area contributed by atoms with Crippen molar-refractivity contribution in [2.24, 2.45) is 0 Å². The minimum absolute atomic E-state index is 1.04. The molecule has 12 heavy (non-hydrogen) atoms. The minimum atomic E-state index is 1.04. The van der Waals surface area contributed by atoms with Crippen LogP contribution >= 0.6 is 11.6 Å². The molecule has 0 fully saturated rings. The van der Waals surface area contributed by atoms with Crippen LogP contribution in [0.4, 0.5) is 0 Å². The van der Waals surface area contributed by atoms with E-state index in [-0.39, 0.29) is 0 Å². The van der Waals surface area contributed by atoms with E-state index in [1.807, 2.05) is 25.3 Å². The molecule has 1 aromatic heterocycles. The molecule has 0 spiro atoms. The first kappa shape index (κ1) is 10.9. The number of rotatable bonds is 1. The van der Waals surface area contributed by atoms with Gasteiger partial charge in [-0.1, -0.05) is 36.9 Å². The highest BCUT2D eigenvalue weighted by molar-refractivity contribution is 6.25. The third-order valence-electron chi connectivity index (χ3n) is 1.17. The molecular formula is C10H12ClN. The van der Waals surface area contributed by atoms with Crippen molar-refractivity contribution < 1.29 is 0 Å². The Morgan fingerprint density at radius 2 is 2.00 bits per heavy atom. The fourth-order valence-corrected chi connectivity index (χ4v) is 0.600. The predicted octanol–water partition coefficient (Wildman–Crippen LogP) is 3.40. The quantitative estimate of drug-likeness (QED) is 0.647. The lowest BCUT2D eigenvalue weighted by atomic mass is 10.2. The summed E-state index contributed by atoms with van der Waals surface area (Å²) in [5.41, 5.74) is 3.33. The zero-order valence-corrected chi connectivity index (χ0v) is 7.88. The Kier molecular flexibility index (Phi) is 6.02. The van der Waals surface area contributed by atoms with E-state index in [0.717, 1.165) is 11.3 Å². The molecule has 0 aliphatic carbocycles. The highest BCUT2D eigenvalue weighted by atomic mass is 35.5. The average Bonchev–Trinajstić information content (AvgIpc) is 2.07. The third kappa shape index (κ3) is 4.69. The SMILES string of the molecule is C=CCl.C=Cc1ccc(C)nc1. The summed E-state index contributed by atoms with van der Waals surface area (Å²) < 4.78 is 0. The maximum Gasteiger partial charge on any atom is 0.0373 e. The topological polar surface area (TPSA) is 12.9 Å². The fraction of sp³-hybridized carbons (Fsp3) is 0.100. The summed E-state index contributed by atoms with van der Waals surface area (Å²) in [4.78, 5) is 4.08. The number of aromatic nitrogens is 1. The Balaban J connectivity index is 0.000000354. The lowest BCUT2D eigenvalue weighted by molar-refractivity contribution is 1.19. The summed E-state index contributed by atoms with van der Waals surface area (Å²) in [7, 11) is 0. The Labute approximate surface area is 78.4 Å². The summed E-state index contributed by atoms with van der Waals surface area (Å²) in [6, 6.07) is 3.96. The third-order valence-corrected chi connectivity index (χ3v) is 1.17. The summed E-state index contributed by atoms with van der Waals surface area (Å²) in [6.45, 7) is 8.71. The summed E-state index contributed by atoms with van der Waals surface area (Å²) in [5, 5.41) is 0. The lowest BCUT2D eigenvalue weighted by Gasteiger charge is -1.90. The fourth-order valence-electron chi connectivity index (χ4n) is 0.600. The van der Waals surface area contributed by atoms with E-state index in [9.17, 15) is 0 Å². The first-order valence-electron chi connectivity index (χ1n) is 3.50. The molecular weight excluding hydrogens is 170 g/mol. The van der Waals surface area contributed by atoms with Crippen LogP contribution in [0.25, 0.3) is 6.08 Å². The molecule has 0 bridgehead atoms. The van der Waals surface area contributed by atoms with Crippen molar-refractivity contribution in [3.63, 3.8) is 0 Å². The van der Waals surface area contributed by atoms with Crippen LogP contribution in [0.15, 0.2) is 37.0 Å². The second-order valence-corrected chi connectivity index (χ2v) is 2.40. The second-order valence-electron chi connectivity index (χ2n) is 2.09. The Morgan fingerprint density at radius 3 is 2.33 bits per heavy atom. The Hall–Kier alpha value is -1.08. The zero-order chi connectivity index (χ0) is 9.40. The van der Waals surface area contributed by atoms with Crippen molar-refractivity contribution in [1.29, 1.82) is 0 Å². The molecule has 0 unspecified atom stereocenters. The Bertz CT molecular complexity index is 239. The predicted molar refractivity (Wildman–Crippen MR) is 55.1 cm³/mol. The number of hydrogen-bond donors (Lipinski definition) is 0. The first-order valence-corrected chi connectivity index (χ1v) is 3.94. The van der Waals surface area contributed by atoms with Gasteiger partial charge in [0.1, 0.15) is 0 Å². The van der Waals surface area contributed by atoms with E-state index in [1.165, 1.54) is 5.54 Å². The van der Waals surface area contributed by atoms with Crippen LogP contribution in [-0.4, -0.2) is 4.98 Å². The maximum absolute atomic E-state index is 4.76. The van der Waals surface area contributed by atoms with Crippen molar-refractivity contribution >= 4 is 17.7 Å². The molecule has 0 aromatic carbocycles. The molecule has 0 amide bonds. The molecule has 1 nitrogen and oxygen atoms in total. The van der Waals surface area contributed by atoms with Gasteiger partial charge in [0, 0.05) is 11.9 Å². The van der Waals surface area contributed by atoms with E-state index < -0.39 is 0 Å². The van der Waals surface area contributed by atoms with Gasteiger partial charge in [-0.15, -0.1) is 0 Å². The van der Waals surface area contributed by atoms with Crippen molar-refractivity contribution in [2.75, 3.05) is 0 Å². The molecule has 0 saturated heterocycles. The Morgan fingerprint density at radius 1 is 1.42 bits per heavy atom. The molecule has 0 aliphatic rings. The van der Waals surface area contributed by atoms with Gasteiger partial charge in [-0.3, -0.25) is 4.98 Å². The average molecular weight is 182 g/mol. The largest absolute Gasteiger partial charge is 0.261 e. The van der Waals surface area contributed by atoms with Gasteiger partial charge in [-0.05, 0) is 24.1 Å². The van der Waals surface area contributed by atoms with Gasteiger partial charge in [0.05, 0.1) is 0 Å². The smallest absolute Gasteiger partial charge is 0.0373 e. The van der Waals surface area contributed by atoms with E-state index in [2.05, 4.69) is 18.1 Å². The van der Waals surface area contributed by atoms with E-state index in [1.54, 1.807) is 6.08 Å². The van der Waals surface area contributed by atoms with Crippen molar-refractivity contribution in [1.82, 2.24) is 4.98 Å². The van der Waals surface area contributed by atoms with Crippen molar-refractivity contribution in [3.05, 3.63) is 48.3 Å². The molecule has 1 heterocycles. The highest BCUT2D eigenvalue weighted by Crippen LogP contribution is 1.98. The monoisotopic (exact) mass is 181 g/mol. The van der Waals surface area contributed by atoms with Gasteiger partial charge in [0.25, 0.3) is 0 Å². The zero-order valence-electron chi connectivity index (χ0n) is 7.13. The molecule has 0 N–H and O–H groups in total. The van der Waals surface area contributed by atoms with Crippen LogP contribution in [0.5, 0.6) is 0 Å². The van der Waals surface area contributed by atoms with Gasteiger partial charge >= 0.3 is 0 Å². The van der Waals surface area contributed by atoms with Crippen molar-refractivity contribution in [2.45, 2.75) is 6.92 Å². The van der Waals surface area contributed by atoms with Crippen LogP contribution in [0.1, 0.15) is 11.3 Å². The van der Waals surface area contributed by atoms with Crippen molar-refractivity contribution in [3.8, 4) is 0 Å². The first-order chi connectivity index (χ1) is 5.74. The number of halogens is 1. The summed E-state index contributed by atoms with van der Waals surface area (Å²) >= 11 is 4.76. The number of nitrogens with zero attached hydrogens (tertiary/aromatic N) is 1. The molecule has 0 saturated carbocycles. The highest BCUT2D eigenvalue weighted by Gasteiger charge is 1.83. The molecule has 0 aliphatic heterocycles. The van der Waals surface area contributed by atoms with Gasteiger partial charge in [0.2, 0.25) is 0 Å². The second kappa shape index (κ2) is 6.62. The number of aryl methyl sites for hydroxylation is 1. The standard InChI is InChI=1S/C8H9N.C2H3Cl/c1-3-8-5-4-7(2)9-6-8;1-2-3/h3-6H,1H2,2H3;2H,1H2. The number of hydrogen-bond acceptors (Lipinski definition) is 1. The van der Waals surface area contributed by atoms with Gasteiger partial charge in [-0.2, -0.15) is 0 Å². The van der Waals surface area contributed by atoms with Crippen LogP contribution in [0, 0.1) is 6.92 Å². The number of pyridine rings is 1. The van der Waals surface area contributed by atoms with Gasteiger partial charge < -0.3 is 0 Å². The van der Waals surface area contributed by atoms with Crippen LogP contribution in [-0.2, 0) is 0 Å². The lowest BCUT2D eigenvalue weighted by Crippen LogP contribution is -1.78. The van der Waals surface area contributed by atoms with E-state index in [4.69, 9.17) is 11.6 Å². The van der Waals surface area contributed by atoms with Crippen LogP contribution < -0.4 is 0 Å². The van der Waals surface area contributed by atoms with E-state index in [0.29, 0.717) is 0 Å². The van der Waals surface area contributed by atoms with Crippen LogP contribution in [0.2, 0.25) is 0 Å². The minimum Gasteiger partial charge on any atom is -0.261 e. The van der Waals surface area contributed by atoms with Gasteiger partial charge in [-0.25, -0.2) is 0 Å². The molecule has 0 atom stereocenters. The molecule has 2 heteroatoms. The summed E-state index contributed by atoms with van der Waals surface area (Å²) in [6.07, 6.45) is 3.59. The van der Waals surface area contributed by atoms with Gasteiger partial charge in [0.15, 0.2) is 0 Å². The summed E-state index contributed by atoms with van der Waals surface area (Å²) in [5.74, 6) is 0. The molecule has 1 aromatic rings. The normalized spacial score (nSPS) is 7.83. The van der Waals surface area contributed by atoms with E-state index >= 15 is 0 Å². The molecule has 64 valence electrons. The maximum atomic E-state index is 4.76. The molecule has 1 rings (SSSR count).